The molecule has 2 fully saturated rings. The predicted octanol–water partition coefficient (Wildman–Crippen LogP) is 2.92. The number of nitrogens with zero attached hydrogens (tertiary/aromatic N) is 5. The van der Waals surface area contributed by atoms with E-state index in [0.717, 1.165) is 36.6 Å². The second kappa shape index (κ2) is 6.63. The Bertz CT molecular complexity index is 1010. The van der Waals surface area contributed by atoms with Crippen LogP contribution in [-0.4, -0.2) is 47.7 Å². The van der Waals surface area contributed by atoms with Crippen LogP contribution < -0.4 is 9.80 Å². The molecule has 5 atom stereocenters. The first kappa shape index (κ1) is 18.1. The van der Waals surface area contributed by atoms with Crippen molar-refractivity contribution in [2.45, 2.75) is 50.8 Å². The summed E-state index contributed by atoms with van der Waals surface area (Å²) in [6, 6.07) is 6.95. The van der Waals surface area contributed by atoms with Crippen molar-refractivity contribution in [2.75, 3.05) is 23.0 Å². The Morgan fingerprint density at radius 2 is 1.97 bits per heavy atom. The van der Waals surface area contributed by atoms with Crippen LogP contribution in [0.3, 0.4) is 0 Å². The van der Waals surface area contributed by atoms with E-state index in [1.807, 2.05) is 34.1 Å². The zero-order valence-corrected chi connectivity index (χ0v) is 17.1. The van der Waals surface area contributed by atoms with Crippen molar-refractivity contribution < 1.29 is 14.1 Å². The van der Waals surface area contributed by atoms with Gasteiger partial charge in [-0.25, -0.2) is 0 Å². The summed E-state index contributed by atoms with van der Waals surface area (Å²) in [7, 11) is 0. The number of anilines is 2. The maximum atomic E-state index is 13.7. The minimum absolute atomic E-state index is 0.000363. The van der Waals surface area contributed by atoms with Gasteiger partial charge in [-0.1, -0.05) is 31.1 Å². The molecule has 1 amide bonds. The molecule has 3 aliphatic heterocycles. The molecule has 1 aliphatic carbocycles. The fourth-order valence-corrected chi connectivity index (χ4v) is 5.12. The van der Waals surface area contributed by atoms with Crippen molar-refractivity contribution in [3.63, 3.8) is 0 Å². The summed E-state index contributed by atoms with van der Waals surface area (Å²) < 4.78 is 11.4. The van der Waals surface area contributed by atoms with E-state index < -0.39 is 12.1 Å². The molecule has 5 unspecified atom stereocenters. The van der Waals surface area contributed by atoms with Crippen molar-refractivity contribution in [2.24, 2.45) is 16.8 Å². The van der Waals surface area contributed by atoms with E-state index in [1.165, 1.54) is 0 Å². The molecule has 4 heterocycles. The highest BCUT2D eigenvalue weighted by Gasteiger charge is 2.50. The van der Waals surface area contributed by atoms with Gasteiger partial charge in [0.1, 0.15) is 6.04 Å². The first-order valence-electron chi connectivity index (χ1n) is 10.8. The van der Waals surface area contributed by atoms with Crippen molar-refractivity contribution >= 4 is 23.6 Å². The van der Waals surface area contributed by atoms with Crippen LogP contribution in [0.2, 0.25) is 0 Å². The number of ether oxygens (including phenoxy) is 1. The lowest BCUT2D eigenvalue weighted by Gasteiger charge is -2.39. The van der Waals surface area contributed by atoms with Crippen LogP contribution in [0.15, 0.2) is 33.8 Å². The first-order chi connectivity index (χ1) is 14.6. The molecule has 0 N–H and O–H groups in total. The first-order valence-corrected chi connectivity index (χ1v) is 10.8. The molecule has 6 rings (SSSR count). The number of amides is 1. The normalized spacial score (nSPS) is 34.4. The smallest absolute Gasteiger partial charge is 0.254 e. The number of benzene rings is 1. The quantitative estimate of drug-likeness (QED) is 0.775. The lowest BCUT2D eigenvalue weighted by atomic mass is 10.0. The van der Waals surface area contributed by atoms with Gasteiger partial charge in [0, 0.05) is 12.5 Å². The number of hydrogen-bond donors (Lipinski definition) is 0. The van der Waals surface area contributed by atoms with Crippen molar-refractivity contribution in [1.82, 2.24) is 10.1 Å². The number of carbonyl (C=O) groups excluding carboxylic acids is 1. The number of carbonyl (C=O) groups is 1. The molecule has 1 saturated heterocycles. The molecule has 156 valence electrons. The van der Waals surface area contributed by atoms with Crippen LogP contribution in [0, 0.1) is 11.8 Å². The number of fused-ring (bicyclic) bond motifs is 3. The fraction of sp³-hybridized carbons (Fsp3) is 0.545. The van der Waals surface area contributed by atoms with Gasteiger partial charge in [-0.2, -0.15) is 4.98 Å². The molecule has 8 heteroatoms. The average molecular weight is 407 g/mol. The van der Waals surface area contributed by atoms with Gasteiger partial charge in [-0.3, -0.25) is 9.79 Å². The van der Waals surface area contributed by atoms with Crippen molar-refractivity contribution in [3.8, 4) is 0 Å². The third-order valence-corrected chi connectivity index (χ3v) is 7.16. The van der Waals surface area contributed by atoms with Gasteiger partial charge in [0.15, 0.2) is 11.9 Å². The van der Waals surface area contributed by atoms with Gasteiger partial charge in [-0.15, -0.1) is 0 Å². The Balaban J connectivity index is 1.33. The third-order valence-electron chi connectivity index (χ3n) is 7.16. The lowest BCUT2D eigenvalue weighted by molar-refractivity contribution is -0.120. The largest absolute Gasteiger partial charge is 0.376 e. The molecule has 1 aromatic carbocycles. The zero-order chi connectivity index (χ0) is 20.4. The van der Waals surface area contributed by atoms with Crippen LogP contribution in [-0.2, 0) is 9.53 Å². The highest BCUT2D eigenvalue weighted by molar-refractivity contribution is 6.11. The molecule has 1 aromatic heterocycles. The van der Waals surface area contributed by atoms with Crippen LogP contribution in [0.5, 0.6) is 0 Å². The van der Waals surface area contributed by atoms with Gasteiger partial charge in [-0.05, 0) is 36.8 Å². The molecule has 2 aromatic rings. The number of para-hydroxylation sites is 2. The zero-order valence-electron chi connectivity index (χ0n) is 17.1. The van der Waals surface area contributed by atoms with Gasteiger partial charge < -0.3 is 19.1 Å². The van der Waals surface area contributed by atoms with Crippen LogP contribution in [0.25, 0.3) is 0 Å². The number of aliphatic imine (C=N–C) groups is 1. The highest BCUT2D eigenvalue weighted by Crippen LogP contribution is 2.52. The lowest BCUT2D eigenvalue weighted by Crippen LogP contribution is -2.54. The minimum atomic E-state index is -0.511. The van der Waals surface area contributed by atoms with Gasteiger partial charge in [0.05, 0.1) is 30.4 Å². The Morgan fingerprint density at radius 1 is 1.17 bits per heavy atom. The van der Waals surface area contributed by atoms with Crippen molar-refractivity contribution in [1.29, 1.82) is 0 Å². The summed E-state index contributed by atoms with van der Waals surface area (Å²) in [5.41, 5.74) is 1.86. The highest BCUT2D eigenvalue weighted by atomic mass is 16.5. The minimum Gasteiger partial charge on any atom is -0.376 e. The van der Waals surface area contributed by atoms with Gasteiger partial charge >= 0.3 is 0 Å². The molecule has 8 nitrogen and oxygen atoms in total. The molecule has 0 bridgehead atoms. The van der Waals surface area contributed by atoms with Crippen LogP contribution in [0.4, 0.5) is 11.4 Å². The van der Waals surface area contributed by atoms with E-state index in [2.05, 4.69) is 29.0 Å². The number of hydrogen-bond acceptors (Lipinski definition) is 7. The Kier molecular flexibility index (Phi) is 3.99. The Hall–Kier alpha value is -2.74. The van der Waals surface area contributed by atoms with Crippen LogP contribution in [0.1, 0.15) is 50.4 Å². The summed E-state index contributed by atoms with van der Waals surface area (Å²) in [5.74, 6) is 2.61. The third kappa shape index (κ3) is 2.62. The molecular formula is C22H25N5O3. The summed E-state index contributed by atoms with van der Waals surface area (Å²) in [6.45, 7) is 5.72. The summed E-state index contributed by atoms with van der Waals surface area (Å²) >= 11 is 0. The predicted molar refractivity (Wildman–Crippen MR) is 111 cm³/mol. The van der Waals surface area contributed by atoms with E-state index in [1.54, 1.807) is 6.34 Å². The molecular weight excluding hydrogens is 382 g/mol. The Labute approximate surface area is 174 Å². The fourth-order valence-electron chi connectivity index (χ4n) is 5.12. The maximum absolute atomic E-state index is 13.7. The number of rotatable bonds is 4. The molecule has 1 saturated carbocycles. The maximum Gasteiger partial charge on any atom is 0.254 e. The Morgan fingerprint density at radius 3 is 2.70 bits per heavy atom. The summed E-state index contributed by atoms with van der Waals surface area (Å²) in [5, 5.41) is 4.21. The monoisotopic (exact) mass is 407 g/mol. The summed E-state index contributed by atoms with van der Waals surface area (Å²) in [6.07, 6.45) is 3.83. The second-order valence-electron chi connectivity index (χ2n) is 8.87. The second-order valence-corrected chi connectivity index (χ2v) is 8.87. The SMILES string of the molecule is CC1C(C)C1c1noc(C2N=CN3c4ccccc4N(CC4CCCO4)C(=O)C23)n1. The van der Waals surface area contributed by atoms with E-state index >= 15 is 0 Å². The van der Waals surface area contributed by atoms with E-state index in [9.17, 15) is 4.79 Å². The molecule has 4 aliphatic rings. The topological polar surface area (TPSA) is 84.1 Å². The average Bonchev–Trinajstić information content (AvgIpc) is 3.32. The van der Waals surface area contributed by atoms with E-state index in [4.69, 9.17) is 9.26 Å². The molecule has 30 heavy (non-hydrogen) atoms. The van der Waals surface area contributed by atoms with E-state index in [0.29, 0.717) is 30.2 Å². The molecule has 0 spiro atoms. The van der Waals surface area contributed by atoms with Gasteiger partial charge in [0.25, 0.3) is 11.8 Å². The van der Waals surface area contributed by atoms with Crippen LogP contribution >= 0.6 is 0 Å². The van der Waals surface area contributed by atoms with Gasteiger partial charge in [0.2, 0.25) is 0 Å². The summed E-state index contributed by atoms with van der Waals surface area (Å²) in [4.78, 5) is 26.7. The van der Waals surface area contributed by atoms with Crippen molar-refractivity contribution in [3.05, 3.63) is 36.0 Å². The number of aromatic nitrogens is 2. The molecule has 0 radical (unpaired) electrons. The van der Waals surface area contributed by atoms with E-state index in [-0.39, 0.29) is 12.0 Å². The standard InChI is InChI=1S/C22H25N5O3/c1-12-13(2)17(12)20-24-21(30-25-20)18-19-22(28)26(10-14-6-5-9-29-14)15-7-3-4-8-16(15)27(19)11-23-18/h3-4,7-8,11-14,17-19H,5-6,9-10H2,1-2H3.